The molecule has 0 saturated heterocycles. The van der Waals surface area contributed by atoms with E-state index in [0.29, 0.717) is 17.2 Å². The quantitative estimate of drug-likeness (QED) is 0.678. The number of para-hydroxylation sites is 1. The van der Waals surface area contributed by atoms with Crippen molar-refractivity contribution in [3.05, 3.63) is 66.7 Å². The van der Waals surface area contributed by atoms with Gasteiger partial charge in [0, 0.05) is 23.5 Å². The van der Waals surface area contributed by atoms with E-state index in [0.717, 1.165) is 22.5 Å². The zero-order chi connectivity index (χ0) is 17.6. The molecule has 1 N–H and O–H groups in total. The van der Waals surface area contributed by atoms with E-state index in [2.05, 4.69) is 5.32 Å². The van der Waals surface area contributed by atoms with Crippen molar-refractivity contribution in [2.75, 3.05) is 26.6 Å². The molecule has 25 heavy (non-hydrogen) atoms. The average Bonchev–Trinajstić information content (AvgIpc) is 2.68. The van der Waals surface area contributed by atoms with Gasteiger partial charge in [0.2, 0.25) is 0 Å². The van der Waals surface area contributed by atoms with Crippen LogP contribution in [0.2, 0.25) is 0 Å². The van der Waals surface area contributed by atoms with Crippen LogP contribution >= 0.6 is 0 Å². The summed E-state index contributed by atoms with van der Waals surface area (Å²) < 4.78 is 16.4. The minimum atomic E-state index is 0.694. The summed E-state index contributed by atoms with van der Waals surface area (Å²) in [5.41, 5.74) is 3.98. The molecule has 0 unspecified atom stereocenters. The number of hydrogen-bond donors (Lipinski definition) is 1. The van der Waals surface area contributed by atoms with Gasteiger partial charge in [0.15, 0.2) is 0 Å². The van der Waals surface area contributed by atoms with Crippen molar-refractivity contribution in [2.45, 2.75) is 0 Å². The van der Waals surface area contributed by atoms with Crippen LogP contribution in [0.1, 0.15) is 0 Å². The van der Waals surface area contributed by atoms with Crippen molar-refractivity contribution >= 4 is 11.4 Å². The second-order valence-corrected chi connectivity index (χ2v) is 5.48. The molecule has 0 fully saturated rings. The Kier molecular flexibility index (Phi) is 5.09. The minimum Gasteiger partial charge on any atom is -0.496 e. The maximum atomic E-state index is 5.54. The Balaban J connectivity index is 1.94. The normalized spacial score (nSPS) is 10.2. The molecule has 0 amide bonds. The molecule has 0 aliphatic heterocycles. The lowest BCUT2D eigenvalue weighted by Crippen LogP contribution is -1.96. The second kappa shape index (κ2) is 7.62. The summed E-state index contributed by atoms with van der Waals surface area (Å²) in [5, 5.41) is 3.38. The van der Waals surface area contributed by atoms with E-state index in [1.54, 1.807) is 21.3 Å². The maximum absolute atomic E-state index is 5.54. The van der Waals surface area contributed by atoms with Crippen molar-refractivity contribution in [1.82, 2.24) is 0 Å². The van der Waals surface area contributed by atoms with E-state index < -0.39 is 0 Å². The number of hydrogen-bond acceptors (Lipinski definition) is 4. The minimum absolute atomic E-state index is 0.694. The van der Waals surface area contributed by atoms with Crippen LogP contribution in [0.15, 0.2) is 66.7 Å². The van der Waals surface area contributed by atoms with Gasteiger partial charge in [0.25, 0.3) is 0 Å². The molecule has 3 aromatic carbocycles. The van der Waals surface area contributed by atoms with Gasteiger partial charge in [-0.3, -0.25) is 0 Å². The highest BCUT2D eigenvalue weighted by molar-refractivity contribution is 5.79. The summed E-state index contributed by atoms with van der Waals surface area (Å²) >= 11 is 0. The van der Waals surface area contributed by atoms with Crippen LogP contribution in [0.3, 0.4) is 0 Å². The van der Waals surface area contributed by atoms with Gasteiger partial charge in [0.1, 0.15) is 17.2 Å². The highest BCUT2D eigenvalue weighted by Crippen LogP contribution is 2.42. The van der Waals surface area contributed by atoms with Gasteiger partial charge in [-0.1, -0.05) is 30.3 Å². The van der Waals surface area contributed by atoms with Crippen LogP contribution in [0.4, 0.5) is 11.4 Å². The molecule has 0 aromatic heterocycles. The molecule has 0 aliphatic carbocycles. The molecule has 3 aromatic rings. The number of nitrogens with one attached hydrogen (secondary N) is 1. The van der Waals surface area contributed by atoms with E-state index >= 15 is 0 Å². The van der Waals surface area contributed by atoms with Gasteiger partial charge in [-0.25, -0.2) is 0 Å². The van der Waals surface area contributed by atoms with Gasteiger partial charge >= 0.3 is 0 Å². The summed E-state index contributed by atoms with van der Waals surface area (Å²) in [6.45, 7) is 0. The number of anilines is 2. The highest BCUT2D eigenvalue weighted by Gasteiger charge is 2.15. The number of rotatable bonds is 6. The Morgan fingerprint density at radius 3 is 1.72 bits per heavy atom. The van der Waals surface area contributed by atoms with Crippen LogP contribution in [-0.2, 0) is 0 Å². The summed E-state index contributed by atoms with van der Waals surface area (Å²) in [7, 11) is 4.91. The van der Waals surface area contributed by atoms with Crippen LogP contribution in [-0.4, -0.2) is 21.3 Å². The van der Waals surface area contributed by atoms with Gasteiger partial charge in [-0.2, -0.15) is 0 Å². The third kappa shape index (κ3) is 3.69. The molecule has 3 rings (SSSR count). The molecule has 4 nitrogen and oxygen atoms in total. The Morgan fingerprint density at radius 2 is 1.20 bits per heavy atom. The first kappa shape index (κ1) is 16.7. The van der Waals surface area contributed by atoms with Crippen molar-refractivity contribution in [2.24, 2.45) is 0 Å². The van der Waals surface area contributed by atoms with Crippen LogP contribution in [0, 0.1) is 0 Å². The zero-order valence-electron chi connectivity index (χ0n) is 14.6. The monoisotopic (exact) mass is 335 g/mol. The number of methoxy groups -OCH3 is 3. The standard InChI is InChI=1S/C21H21NO3/c1-23-18-13-19(24-2)21(20(14-18)25-3)15-9-11-17(12-10-15)22-16-7-5-4-6-8-16/h4-14,22H,1-3H3. The van der Waals surface area contributed by atoms with E-state index in [9.17, 15) is 0 Å². The van der Waals surface area contributed by atoms with Crippen molar-refractivity contribution in [3.63, 3.8) is 0 Å². The zero-order valence-corrected chi connectivity index (χ0v) is 14.6. The Morgan fingerprint density at radius 1 is 0.640 bits per heavy atom. The molecule has 0 saturated carbocycles. The average molecular weight is 335 g/mol. The molecular formula is C21H21NO3. The SMILES string of the molecule is COc1cc(OC)c(-c2ccc(Nc3ccccc3)cc2)c(OC)c1. The third-order valence-electron chi connectivity index (χ3n) is 3.95. The van der Waals surface area contributed by atoms with E-state index in [1.165, 1.54) is 0 Å². The molecule has 0 atom stereocenters. The first-order valence-electron chi connectivity index (χ1n) is 7.97. The van der Waals surface area contributed by atoms with Crippen LogP contribution < -0.4 is 19.5 Å². The predicted octanol–water partition coefficient (Wildman–Crippen LogP) is 5.12. The third-order valence-corrected chi connectivity index (χ3v) is 3.95. The van der Waals surface area contributed by atoms with Gasteiger partial charge in [-0.05, 0) is 29.8 Å². The first-order valence-corrected chi connectivity index (χ1v) is 7.97. The molecule has 128 valence electrons. The second-order valence-electron chi connectivity index (χ2n) is 5.48. The number of benzene rings is 3. The lowest BCUT2D eigenvalue weighted by atomic mass is 10.0. The van der Waals surface area contributed by atoms with Gasteiger partial charge in [0.05, 0.1) is 26.9 Å². The first-order chi connectivity index (χ1) is 12.2. The topological polar surface area (TPSA) is 39.7 Å². The van der Waals surface area contributed by atoms with Crippen molar-refractivity contribution < 1.29 is 14.2 Å². The van der Waals surface area contributed by atoms with Gasteiger partial charge < -0.3 is 19.5 Å². The Labute approximate surface area is 148 Å². The predicted molar refractivity (Wildman–Crippen MR) is 101 cm³/mol. The summed E-state index contributed by atoms with van der Waals surface area (Å²) in [6, 6.07) is 21.9. The molecule has 0 heterocycles. The molecular weight excluding hydrogens is 314 g/mol. The summed E-state index contributed by atoms with van der Waals surface area (Å²) in [5.74, 6) is 2.11. The Hall–Kier alpha value is -3.14. The summed E-state index contributed by atoms with van der Waals surface area (Å²) in [4.78, 5) is 0. The van der Waals surface area contributed by atoms with Crippen molar-refractivity contribution in [3.8, 4) is 28.4 Å². The molecule has 4 heteroatoms. The Bertz CT molecular complexity index is 805. The largest absolute Gasteiger partial charge is 0.496 e. The summed E-state index contributed by atoms with van der Waals surface area (Å²) in [6.07, 6.45) is 0. The van der Waals surface area contributed by atoms with E-state index in [1.807, 2.05) is 66.7 Å². The fourth-order valence-electron chi connectivity index (χ4n) is 2.70. The fourth-order valence-corrected chi connectivity index (χ4v) is 2.70. The van der Waals surface area contributed by atoms with Crippen LogP contribution in [0.5, 0.6) is 17.2 Å². The number of ether oxygens (including phenoxy) is 3. The van der Waals surface area contributed by atoms with Crippen molar-refractivity contribution in [1.29, 1.82) is 0 Å². The molecule has 0 spiro atoms. The maximum Gasteiger partial charge on any atom is 0.134 e. The van der Waals surface area contributed by atoms with Crippen LogP contribution in [0.25, 0.3) is 11.1 Å². The molecule has 0 aliphatic rings. The smallest absolute Gasteiger partial charge is 0.134 e. The molecule has 0 radical (unpaired) electrons. The highest BCUT2D eigenvalue weighted by atomic mass is 16.5. The van der Waals surface area contributed by atoms with E-state index in [-0.39, 0.29) is 0 Å². The van der Waals surface area contributed by atoms with E-state index in [4.69, 9.17) is 14.2 Å². The van der Waals surface area contributed by atoms with Gasteiger partial charge in [-0.15, -0.1) is 0 Å². The lowest BCUT2D eigenvalue weighted by molar-refractivity contribution is 0.377. The molecule has 0 bridgehead atoms. The lowest BCUT2D eigenvalue weighted by Gasteiger charge is -2.16. The fraction of sp³-hybridized carbons (Fsp3) is 0.143.